The normalized spacial score (nSPS) is 16.7. The Bertz CT molecular complexity index is 864. The lowest BCUT2D eigenvalue weighted by molar-refractivity contribution is -0.130. The first-order chi connectivity index (χ1) is 13.0. The molecule has 7 nitrogen and oxygen atoms in total. The first-order valence-electron chi connectivity index (χ1n) is 8.69. The summed E-state index contributed by atoms with van der Waals surface area (Å²) in [5, 5.41) is 5.34. The zero-order chi connectivity index (χ0) is 19.4. The largest absolute Gasteiger partial charge is 0.497 e. The molecule has 7 heteroatoms. The minimum Gasteiger partial charge on any atom is -0.497 e. The first kappa shape index (κ1) is 18.4. The van der Waals surface area contributed by atoms with Gasteiger partial charge in [-0.1, -0.05) is 25.1 Å². The Labute approximate surface area is 157 Å². The van der Waals surface area contributed by atoms with Crippen LogP contribution in [0.1, 0.15) is 12.5 Å². The van der Waals surface area contributed by atoms with E-state index < -0.39 is 23.8 Å². The topological polar surface area (TPSA) is 87.7 Å². The van der Waals surface area contributed by atoms with Crippen LogP contribution in [0.3, 0.4) is 0 Å². The summed E-state index contributed by atoms with van der Waals surface area (Å²) in [6.45, 7) is 2.00. The van der Waals surface area contributed by atoms with E-state index in [4.69, 9.17) is 4.74 Å². The number of amides is 4. The van der Waals surface area contributed by atoms with Gasteiger partial charge < -0.3 is 15.4 Å². The van der Waals surface area contributed by atoms with Gasteiger partial charge in [0.15, 0.2) is 0 Å². The zero-order valence-electron chi connectivity index (χ0n) is 15.2. The maximum atomic E-state index is 12.8. The quantitative estimate of drug-likeness (QED) is 0.795. The molecule has 1 atom stereocenters. The third kappa shape index (κ3) is 3.92. The maximum Gasteiger partial charge on any atom is 0.328 e. The van der Waals surface area contributed by atoms with Crippen molar-refractivity contribution in [3.63, 3.8) is 0 Å². The molecular formula is C20H21N3O4. The summed E-state index contributed by atoms with van der Waals surface area (Å²) in [4.78, 5) is 38.6. The second kappa shape index (κ2) is 7.90. The van der Waals surface area contributed by atoms with Crippen LogP contribution < -0.4 is 20.3 Å². The van der Waals surface area contributed by atoms with E-state index in [0.29, 0.717) is 17.1 Å². The van der Waals surface area contributed by atoms with Crippen LogP contribution in [0.4, 0.5) is 16.2 Å². The van der Waals surface area contributed by atoms with Crippen LogP contribution in [-0.4, -0.2) is 31.5 Å². The molecule has 1 fully saturated rings. The molecule has 3 rings (SSSR count). The van der Waals surface area contributed by atoms with Crippen LogP contribution in [-0.2, 0) is 16.0 Å². The minimum absolute atomic E-state index is 0.0446. The molecule has 0 aromatic heterocycles. The number of methoxy groups -OCH3 is 1. The standard InChI is InChI=1S/C20H21N3O4/c1-3-13-7-9-14(10-8-13)22-18(24)17-12-21-20(26)23(19(17)25)15-5-4-6-16(11-15)27-2/h4-11,17H,3,12H2,1-2H3,(H,21,26)(H,22,24). The van der Waals surface area contributed by atoms with Crippen molar-refractivity contribution in [2.24, 2.45) is 5.92 Å². The van der Waals surface area contributed by atoms with Crippen molar-refractivity contribution < 1.29 is 19.1 Å². The van der Waals surface area contributed by atoms with Gasteiger partial charge in [-0.05, 0) is 36.2 Å². The van der Waals surface area contributed by atoms with Crippen molar-refractivity contribution in [2.45, 2.75) is 13.3 Å². The summed E-state index contributed by atoms with van der Waals surface area (Å²) in [5.74, 6) is -1.54. The molecule has 27 heavy (non-hydrogen) atoms. The van der Waals surface area contributed by atoms with E-state index in [1.165, 1.54) is 7.11 Å². The van der Waals surface area contributed by atoms with Gasteiger partial charge in [0.1, 0.15) is 11.7 Å². The highest BCUT2D eigenvalue weighted by Crippen LogP contribution is 2.25. The summed E-state index contributed by atoms with van der Waals surface area (Å²) >= 11 is 0. The fraction of sp³-hybridized carbons (Fsp3) is 0.250. The SMILES string of the molecule is CCc1ccc(NC(=O)C2CNC(=O)N(c3cccc(OC)c3)C2=O)cc1. The number of anilines is 2. The summed E-state index contributed by atoms with van der Waals surface area (Å²) < 4.78 is 5.14. The molecule has 0 saturated carbocycles. The Morgan fingerprint density at radius 3 is 2.63 bits per heavy atom. The van der Waals surface area contributed by atoms with E-state index in [9.17, 15) is 14.4 Å². The molecule has 2 aromatic rings. The molecule has 0 bridgehead atoms. The van der Waals surface area contributed by atoms with Gasteiger partial charge in [0.2, 0.25) is 11.8 Å². The van der Waals surface area contributed by atoms with Crippen LogP contribution >= 0.6 is 0 Å². The fourth-order valence-electron chi connectivity index (χ4n) is 2.86. The van der Waals surface area contributed by atoms with Gasteiger partial charge in [-0.25, -0.2) is 9.69 Å². The highest BCUT2D eigenvalue weighted by molar-refractivity contribution is 6.23. The molecule has 1 saturated heterocycles. The number of urea groups is 1. The molecule has 0 aliphatic carbocycles. The van der Waals surface area contributed by atoms with Crippen LogP contribution in [0, 0.1) is 5.92 Å². The monoisotopic (exact) mass is 367 g/mol. The number of ether oxygens (including phenoxy) is 1. The summed E-state index contributed by atoms with van der Waals surface area (Å²) in [6, 6.07) is 13.4. The molecule has 0 radical (unpaired) electrons. The maximum absolute atomic E-state index is 12.8. The van der Waals surface area contributed by atoms with Gasteiger partial charge in [0.25, 0.3) is 0 Å². The van der Waals surface area contributed by atoms with E-state index in [-0.39, 0.29) is 6.54 Å². The summed E-state index contributed by atoms with van der Waals surface area (Å²) in [6.07, 6.45) is 0.900. The highest BCUT2D eigenvalue weighted by Gasteiger charge is 2.39. The minimum atomic E-state index is -1.01. The van der Waals surface area contributed by atoms with Gasteiger partial charge in [0, 0.05) is 18.3 Å². The van der Waals surface area contributed by atoms with Gasteiger partial charge in [-0.2, -0.15) is 0 Å². The van der Waals surface area contributed by atoms with Crippen molar-refractivity contribution in [1.29, 1.82) is 0 Å². The number of nitrogens with zero attached hydrogens (tertiary/aromatic N) is 1. The fourth-order valence-corrected chi connectivity index (χ4v) is 2.86. The van der Waals surface area contributed by atoms with Gasteiger partial charge in [-0.15, -0.1) is 0 Å². The van der Waals surface area contributed by atoms with E-state index >= 15 is 0 Å². The van der Waals surface area contributed by atoms with Crippen molar-refractivity contribution >= 4 is 29.2 Å². The average Bonchev–Trinajstić information content (AvgIpc) is 2.68. The summed E-state index contributed by atoms with van der Waals surface area (Å²) in [5.41, 5.74) is 2.11. The molecule has 140 valence electrons. The third-order valence-electron chi connectivity index (χ3n) is 4.44. The second-order valence-electron chi connectivity index (χ2n) is 6.15. The van der Waals surface area contributed by atoms with E-state index in [2.05, 4.69) is 10.6 Å². The lowest BCUT2D eigenvalue weighted by Crippen LogP contribution is -2.58. The molecule has 0 spiro atoms. The molecular weight excluding hydrogens is 346 g/mol. The lowest BCUT2D eigenvalue weighted by atomic mass is 10.0. The Kier molecular flexibility index (Phi) is 5.40. The highest BCUT2D eigenvalue weighted by atomic mass is 16.5. The van der Waals surface area contributed by atoms with Crippen LogP contribution in [0.2, 0.25) is 0 Å². The molecule has 1 unspecified atom stereocenters. The number of rotatable bonds is 5. The molecule has 1 heterocycles. The summed E-state index contributed by atoms with van der Waals surface area (Å²) in [7, 11) is 1.50. The van der Waals surface area contributed by atoms with E-state index in [1.807, 2.05) is 19.1 Å². The number of hydrogen-bond donors (Lipinski definition) is 2. The number of carbonyl (C=O) groups is 3. The number of aryl methyl sites for hydroxylation is 1. The Morgan fingerprint density at radius 2 is 1.96 bits per heavy atom. The number of carbonyl (C=O) groups excluding carboxylic acids is 3. The molecule has 2 aromatic carbocycles. The lowest BCUT2D eigenvalue weighted by Gasteiger charge is -2.30. The molecule has 1 aliphatic rings. The number of imide groups is 1. The number of hydrogen-bond acceptors (Lipinski definition) is 4. The van der Waals surface area contributed by atoms with Crippen molar-refractivity contribution in [3.8, 4) is 5.75 Å². The predicted molar refractivity (Wildman–Crippen MR) is 102 cm³/mol. The molecule has 2 N–H and O–H groups in total. The molecule has 1 aliphatic heterocycles. The van der Waals surface area contributed by atoms with Crippen LogP contribution in [0.5, 0.6) is 5.75 Å². The third-order valence-corrected chi connectivity index (χ3v) is 4.44. The van der Waals surface area contributed by atoms with E-state index in [0.717, 1.165) is 16.9 Å². The van der Waals surface area contributed by atoms with Gasteiger partial charge in [-0.3, -0.25) is 9.59 Å². The Hall–Kier alpha value is -3.35. The second-order valence-corrected chi connectivity index (χ2v) is 6.15. The van der Waals surface area contributed by atoms with Crippen molar-refractivity contribution in [1.82, 2.24) is 5.32 Å². The smallest absolute Gasteiger partial charge is 0.328 e. The van der Waals surface area contributed by atoms with E-state index in [1.54, 1.807) is 36.4 Å². The van der Waals surface area contributed by atoms with Gasteiger partial charge >= 0.3 is 6.03 Å². The van der Waals surface area contributed by atoms with Crippen LogP contribution in [0.15, 0.2) is 48.5 Å². The first-order valence-corrected chi connectivity index (χ1v) is 8.69. The van der Waals surface area contributed by atoms with Crippen LogP contribution in [0.25, 0.3) is 0 Å². The predicted octanol–water partition coefficient (Wildman–Crippen LogP) is 2.57. The number of benzene rings is 2. The Morgan fingerprint density at radius 1 is 1.22 bits per heavy atom. The number of nitrogens with one attached hydrogen (secondary N) is 2. The molecule has 4 amide bonds. The Balaban J connectivity index is 1.78. The average molecular weight is 367 g/mol. The zero-order valence-corrected chi connectivity index (χ0v) is 15.2. The van der Waals surface area contributed by atoms with Gasteiger partial charge in [0.05, 0.1) is 12.8 Å². The van der Waals surface area contributed by atoms with Crippen molar-refractivity contribution in [3.05, 3.63) is 54.1 Å². The van der Waals surface area contributed by atoms with Crippen molar-refractivity contribution in [2.75, 3.05) is 23.9 Å².